The minimum absolute atomic E-state index is 0.0220. The van der Waals surface area contributed by atoms with Gasteiger partial charge in [0.1, 0.15) is 11.6 Å². The summed E-state index contributed by atoms with van der Waals surface area (Å²) < 4.78 is 45.6. The summed E-state index contributed by atoms with van der Waals surface area (Å²) in [6.45, 7) is 2.68. The smallest absolute Gasteiger partial charge is 0.243 e. The summed E-state index contributed by atoms with van der Waals surface area (Å²) in [6.07, 6.45) is 2.49. The number of carbonyl (C=O) groups excluding carboxylic acids is 1. The molecule has 2 aliphatic rings. The number of rotatable bonds is 4. The van der Waals surface area contributed by atoms with Gasteiger partial charge in [0.15, 0.2) is 0 Å². The fraction of sp³-hybridized carbons (Fsp3) is 0.421. The molecular weight excluding hydrogens is 385 g/mol. The molecule has 150 valence electrons. The van der Waals surface area contributed by atoms with E-state index in [-0.39, 0.29) is 29.9 Å². The molecule has 1 atom stereocenters. The van der Waals surface area contributed by atoms with Gasteiger partial charge in [-0.2, -0.15) is 4.31 Å². The van der Waals surface area contributed by atoms with Crippen molar-refractivity contribution in [2.24, 2.45) is 0 Å². The Morgan fingerprint density at radius 1 is 1.21 bits per heavy atom. The van der Waals surface area contributed by atoms with Crippen LogP contribution in [0.15, 0.2) is 52.0 Å². The zero-order valence-electron chi connectivity index (χ0n) is 15.5. The molecule has 1 aromatic heterocycles. The van der Waals surface area contributed by atoms with Crippen LogP contribution in [0.2, 0.25) is 0 Å². The van der Waals surface area contributed by atoms with E-state index in [1.54, 1.807) is 17.2 Å². The predicted octanol–water partition coefficient (Wildman–Crippen LogP) is 1.92. The van der Waals surface area contributed by atoms with Gasteiger partial charge in [0.25, 0.3) is 0 Å². The van der Waals surface area contributed by atoms with Crippen LogP contribution in [0, 0.1) is 5.82 Å². The molecule has 0 saturated carbocycles. The van der Waals surface area contributed by atoms with Gasteiger partial charge in [0.05, 0.1) is 29.4 Å². The number of amides is 1. The molecule has 28 heavy (non-hydrogen) atoms. The van der Waals surface area contributed by atoms with Gasteiger partial charge in [0.2, 0.25) is 15.9 Å². The SMILES string of the molecule is CC1NC2(CCN(S(=O)(=O)c3ccc(F)cc3)CC2)N(Cc2ccco2)C1=O. The molecule has 2 aromatic rings. The van der Waals surface area contributed by atoms with Gasteiger partial charge in [-0.05, 0) is 56.2 Å². The first-order valence-corrected chi connectivity index (χ1v) is 10.6. The molecule has 4 rings (SSSR count). The molecule has 2 aliphatic heterocycles. The lowest BCUT2D eigenvalue weighted by atomic mass is 9.97. The number of carbonyl (C=O) groups is 1. The van der Waals surface area contributed by atoms with E-state index in [4.69, 9.17) is 4.42 Å². The summed E-state index contributed by atoms with van der Waals surface area (Å²) in [5.41, 5.74) is -0.599. The Hall–Kier alpha value is -2.23. The van der Waals surface area contributed by atoms with Crippen molar-refractivity contribution in [3.63, 3.8) is 0 Å². The maximum Gasteiger partial charge on any atom is 0.243 e. The van der Waals surface area contributed by atoms with Crippen molar-refractivity contribution in [1.29, 1.82) is 0 Å². The fourth-order valence-corrected chi connectivity index (χ4v) is 5.48. The second-order valence-corrected chi connectivity index (χ2v) is 9.20. The third kappa shape index (κ3) is 3.23. The number of hydrogen-bond donors (Lipinski definition) is 1. The average molecular weight is 407 g/mol. The summed E-state index contributed by atoms with van der Waals surface area (Å²) in [6, 6.07) is 8.09. The maximum atomic E-state index is 13.1. The quantitative estimate of drug-likeness (QED) is 0.837. The number of piperidine rings is 1. The highest BCUT2D eigenvalue weighted by Gasteiger charge is 2.51. The molecule has 1 N–H and O–H groups in total. The molecule has 1 unspecified atom stereocenters. The van der Waals surface area contributed by atoms with Gasteiger partial charge in [0, 0.05) is 13.1 Å². The van der Waals surface area contributed by atoms with E-state index < -0.39 is 21.5 Å². The molecule has 0 bridgehead atoms. The van der Waals surface area contributed by atoms with Gasteiger partial charge in [-0.25, -0.2) is 12.8 Å². The molecule has 1 spiro atoms. The Balaban J connectivity index is 1.53. The Morgan fingerprint density at radius 2 is 1.89 bits per heavy atom. The predicted molar refractivity (Wildman–Crippen MR) is 99.0 cm³/mol. The van der Waals surface area contributed by atoms with Gasteiger partial charge in [-0.15, -0.1) is 0 Å². The Morgan fingerprint density at radius 3 is 2.50 bits per heavy atom. The summed E-state index contributed by atoms with van der Waals surface area (Å²) in [5, 5.41) is 3.36. The molecule has 0 radical (unpaired) electrons. The highest BCUT2D eigenvalue weighted by Crippen LogP contribution is 2.35. The third-order valence-corrected chi connectivity index (χ3v) is 7.45. The largest absolute Gasteiger partial charge is 0.467 e. The van der Waals surface area contributed by atoms with Crippen LogP contribution in [0.5, 0.6) is 0 Å². The molecule has 1 amide bonds. The summed E-state index contributed by atoms with van der Waals surface area (Å²) >= 11 is 0. The molecule has 2 saturated heterocycles. The lowest BCUT2D eigenvalue weighted by Crippen LogP contribution is -2.59. The van der Waals surface area contributed by atoms with Gasteiger partial charge < -0.3 is 9.32 Å². The van der Waals surface area contributed by atoms with Crippen molar-refractivity contribution in [1.82, 2.24) is 14.5 Å². The number of sulfonamides is 1. The van der Waals surface area contributed by atoms with Gasteiger partial charge in [-0.3, -0.25) is 10.1 Å². The van der Waals surface area contributed by atoms with Gasteiger partial charge in [-0.1, -0.05) is 0 Å². The van der Waals surface area contributed by atoms with Crippen LogP contribution in [-0.4, -0.2) is 48.3 Å². The van der Waals surface area contributed by atoms with E-state index >= 15 is 0 Å². The zero-order valence-corrected chi connectivity index (χ0v) is 16.3. The van der Waals surface area contributed by atoms with Crippen molar-refractivity contribution >= 4 is 15.9 Å². The Kier molecular flexibility index (Phi) is 4.76. The lowest BCUT2D eigenvalue weighted by molar-refractivity contribution is -0.134. The van der Waals surface area contributed by atoms with Crippen molar-refractivity contribution in [3.8, 4) is 0 Å². The Bertz CT molecular complexity index is 952. The monoisotopic (exact) mass is 407 g/mol. The minimum Gasteiger partial charge on any atom is -0.467 e. The first kappa shape index (κ1) is 19.1. The summed E-state index contributed by atoms with van der Waals surface area (Å²) in [4.78, 5) is 14.5. The maximum absolute atomic E-state index is 13.1. The van der Waals surface area contributed by atoms with Crippen LogP contribution in [0.3, 0.4) is 0 Å². The number of nitrogens with zero attached hydrogens (tertiary/aromatic N) is 2. The molecule has 1 aromatic carbocycles. The molecule has 0 aliphatic carbocycles. The normalized spacial score (nSPS) is 22.9. The topological polar surface area (TPSA) is 82.9 Å². The first-order valence-electron chi connectivity index (χ1n) is 9.19. The van der Waals surface area contributed by atoms with Crippen molar-refractivity contribution < 1.29 is 22.0 Å². The standard InChI is InChI=1S/C19H22FN3O4S/c1-14-18(24)23(13-16-3-2-12-27-16)19(21-14)8-10-22(11-9-19)28(25,26)17-6-4-15(20)5-7-17/h2-7,12,14,21H,8-11,13H2,1H3. The van der Waals surface area contributed by atoms with E-state index in [0.29, 0.717) is 25.1 Å². The highest BCUT2D eigenvalue weighted by molar-refractivity contribution is 7.89. The van der Waals surface area contributed by atoms with Crippen LogP contribution in [0.1, 0.15) is 25.5 Å². The summed E-state index contributed by atoms with van der Waals surface area (Å²) in [5.74, 6) is 0.184. The Labute approximate surface area is 163 Å². The lowest BCUT2D eigenvalue weighted by Gasteiger charge is -2.44. The van der Waals surface area contributed by atoms with Crippen LogP contribution >= 0.6 is 0 Å². The average Bonchev–Trinajstić information content (AvgIpc) is 3.26. The number of hydrogen-bond acceptors (Lipinski definition) is 5. The van der Waals surface area contributed by atoms with Gasteiger partial charge >= 0.3 is 0 Å². The number of nitrogens with one attached hydrogen (secondary N) is 1. The number of furan rings is 1. The van der Waals surface area contributed by atoms with E-state index in [1.165, 1.54) is 16.4 Å². The minimum atomic E-state index is -3.70. The van der Waals surface area contributed by atoms with Crippen LogP contribution < -0.4 is 5.32 Å². The summed E-state index contributed by atoms with van der Waals surface area (Å²) in [7, 11) is -3.70. The van der Waals surface area contributed by atoms with Crippen molar-refractivity contribution in [2.75, 3.05) is 13.1 Å². The van der Waals surface area contributed by atoms with Crippen LogP contribution in [0.4, 0.5) is 4.39 Å². The second kappa shape index (κ2) is 6.98. The molecule has 7 nitrogen and oxygen atoms in total. The highest BCUT2D eigenvalue weighted by atomic mass is 32.2. The second-order valence-electron chi connectivity index (χ2n) is 7.26. The van der Waals surface area contributed by atoms with Crippen molar-refractivity contribution in [2.45, 2.75) is 42.9 Å². The van der Waals surface area contributed by atoms with Crippen LogP contribution in [-0.2, 0) is 21.4 Å². The molecule has 2 fully saturated rings. The number of benzene rings is 1. The van der Waals surface area contributed by atoms with E-state index in [0.717, 1.165) is 12.1 Å². The van der Waals surface area contributed by atoms with E-state index in [1.807, 2.05) is 13.0 Å². The first-order chi connectivity index (χ1) is 13.3. The number of halogens is 1. The third-order valence-electron chi connectivity index (χ3n) is 5.53. The molecule has 9 heteroatoms. The van der Waals surface area contributed by atoms with Crippen LogP contribution in [0.25, 0.3) is 0 Å². The fourth-order valence-electron chi connectivity index (χ4n) is 4.04. The van der Waals surface area contributed by atoms with Crippen molar-refractivity contribution in [3.05, 3.63) is 54.2 Å². The van der Waals surface area contributed by atoms with E-state index in [2.05, 4.69) is 5.32 Å². The zero-order chi connectivity index (χ0) is 19.9. The molecule has 3 heterocycles. The molecular formula is C19H22FN3O4S. The van der Waals surface area contributed by atoms with E-state index in [9.17, 15) is 17.6 Å².